The highest BCUT2D eigenvalue weighted by atomic mass is 32.1. The van der Waals surface area contributed by atoms with Crippen LogP contribution in [-0.4, -0.2) is 46.5 Å². The number of rotatable bonds is 3. The molecule has 3 aliphatic rings. The van der Waals surface area contributed by atoms with Crippen molar-refractivity contribution in [3.05, 3.63) is 16.6 Å². The van der Waals surface area contributed by atoms with Gasteiger partial charge < -0.3 is 10.2 Å². The van der Waals surface area contributed by atoms with Crippen LogP contribution in [0.3, 0.4) is 0 Å². The second kappa shape index (κ2) is 5.26. The van der Waals surface area contributed by atoms with Gasteiger partial charge in [0.05, 0.1) is 5.51 Å². The summed E-state index contributed by atoms with van der Waals surface area (Å²) in [6, 6.07) is 0.141. The number of nitrogens with one attached hydrogen (secondary N) is 1. The van der Waals surface area contributed by atoms with Gasteiger partial charge in [0, 0.05) is 24.5 Å². The van der Waals surface area contributed by atoms with Gasteiger partial charge >= 0.3 is 0 Å². The first-order chi connectivity index (χ1) is 11.0. The van der Waals surface area contributed by atoms with Crippen molar-refractivity contribution < 1.29 is 14.0 Å². The summed E-state index contributed by atoms with van der Waals surface area (Å²) < 4.78 is 14.3. The van der Waals surface area contributed by atoms with Crippen LogP contribution in [0.15, 0.2) is 10.9 Å². The van der Waals surface area contributed by atoms with E-state index in [2.05, 4.69) is 10.3 Å². The Morgan fingerprint density at radius 1 is 1.35 bits per heavy atom. The van der Waals surface area contributed by atoms with E-state index in [0.717, 1.165) is 25.7 Å². The molecule has 1 N–H and O–H groups in total. The third-order valence-corrected chi connectivity index (χ3v) is 6.20. The van der Waals surface area contributed by atoms with Gasteiger partial charge in [0.15, 0.2) is 5.67 Å². The maximum Gasteiger partial charge on any atom is 0.270 e. The zero-order chi connectivity index (χ0) is 16.1. The molecule has 2 amide bonds. The van der Waals surface area contributed by atoms with Gasteiger partial charge in [-0.15, -0.1) is 11.3 Å². The molecule has 1 saturated heterocycles. The molecule has 1 aromatic heterocycles. The summed E-state index contributed by atoms with van der Waals surface area (Å²) >= 11 is 1.40. The third-order valence-electron chi connectivity index (χ3n) is 5.61. The lowest BCUT2D eigenvalue weighted by Gasteiger charge is -2.45. The van der Waals surface area contributed by atoms with Gasteiger partial charge in [0.1, 0.15) is 5.69 Å². The zero-order valence-corrected chi connectivity index (χ0v) is 13.7. The molecule has 5 nitrogen and oxygen atoms in total. The summed E-state index contributed by atoms with van der Waals surface area (Å²) in [6.45, 7) is 1.29. The van der Waals surface area contributed by atoms with E-state index in [1.165, 1.54) is 11.3 Å². The van der Waals surface area contributed by atoms with Crippen LogP contribution < -0.4 is 5.32 Å². The topological polar surface area (TPSA) is 62.3 Å². The molecule has 0 atom stereocenters. The molecule has 1 aliphatic heterocycles. The Morgan fingerprint density at radius 3 is 2.74 bits per heavy atom. The fourth-order valence-electron chi connectivity index (χ4n) is 4.10. The summed E-state index contributed by atoms with van der Waals surface area (Å²) in [7, 11) is 0. The SMILES string of the molecule is O=C(NC1CC2(CCN(C(=O)C3(F)CCC3)C2)C1)c1cscn1. The highest BCUT2D eigenvalue weighted by Gasteiger charge is 2.54. The summed E-state index contributed by atoms with van der Waals surface area (Å²) in [5.41, 5.74) is 0.595. The van der Waals surface area contributed by atoms with Crippen LogP contribution in [0.2, 0.25) is 0 Å². The molecule has 0 radical (unpaired) electrons. The third kappa shape index (κ3) is 2.55. The minimum Gasteiger partial charge on any atom is -0.348 e. The molecule has 7 heteroatoms. The number of hydrogen-bond acceptors (Lipinski definition) is 4. The number of thiazole rings is 1. The molecule has 0 bridgehead atoms. The summed E-state index contributed by atoms with van der Waals surface area (Å²) in [6.07, 6.45) is 4.21. The van der Waals surface area contributed by atoms with E-state index in [-0.39, 0.29) is 23.3 Å². The Kier molecular flexibility index (Phi) is 3.44. The van der Waals surface area contributed by atoms with E-state index >= 15 is 0 Å². The smallest absolute Gasteiger partial charge is 0.270 e. The highest BCUT2D eigenvalue weighted by molar-refractivity contribution is 7.07. The van der Waals surface area contributed by atoms with Crippen molar-refractivity contribution >= 4 is 23.2 Å². The van der Waals surface area contributed by atoms with Crippen LogP contribution in [0.25, 0.3) is 0 Å². The van der Waals surface area contributed by atoms with Crippen LogP contribution in [0.4, 0.5) is 4.39 Å². The van der Waals surface area contributed by atoms with E-state index in [1.54, 1.807) is 15.8 Å². The summed E-state index contributed by atoms with van der Waals surface area (Å²) in [4.78, 5) is 30.0. The number of carbonyl (C=O) groups is 2. The predicted molar refractivity (Wildman–Crippen MR) is 83.9 cm³/mol. The van der Waals surface area contributed by atoms with E-state index in [0.29, 0.717) is 31.6 Å². The van der Waals surface area contributed by atoms with E-state index < -0.39 is 5.67 Å². The first kappa shape index (κ1) is 15.1. The molecule has 3 fully saturated rings. The maximum absolute atomic E-state index is 14.3. The molecule has 2 heterocycles. The van der Waals surface area contributed by atoms with Gasteiger partial charge in [-0.1, -0.05) is 0 Å². The second-order valence-corrected chi connectivity index (χ2v) is 7.97. The summed E-state index contributed by atoms with van der Waals surface area (Å²) in [5.74, 6) is -0.440. The lowest BCUT2D eigenvalue weighted by Crippen LogP contribution is -2.54. The molecule has 0 aromatic carbocycles. The molecule has 23 heavy (non-hydrogen) atoms. The molecule has 2 saturated carbocycles. The number of aromatic nitrogens is 1. The Labute approximate surface area is 138 Å². The number of hydrogen-bond donors (Lipinski definition) is 1. The Bertz CT molecular complexity index is 623. The average molecular weight is 337 g/mol. The molecule has 4 rings (SSSR count). The van der Waals surface area contributed by atoms with Crippen LogP contribution in [-0.2, 0) is 4.79 Å². The van der Waals surface area contributed by atoms with Crippen molar-refractivity contribution in [2.24, 2.45) is 5.41 Å². The Balaban J connectivity index is 1.30. The molecule has 2 aliphatic carbocycles. The predicted octanol–water partition coefficient (Wildman–Crippen LogP) is 2.15. The molecular weight excluding hydrogens is 317 g/mol. The number of halogens is 1. The number of nitrogens with zero attached hydrogens (tertiary/aromatic N) is 2. The molecule has 124 valence electrons. The molecular formula is C16H20FN3O2S. The highest BCUT2D eigenvalue weighted by Crippen LogP contribution is 2.49. The minimum atomic E-state index is -1.59. The van der Waals surface area contributed by atoms with Gasteiger partial charge in [0.25, 0.3) is 11.8 Å². The Morgan fingerprint density at radius 2 is 2.13 bits per heavy atom. The number of carbonyl (C=O) groups excluding carboxylic acids is 2. The normalized spacial score (nSPS) is 31.5. The summed E-state index contributed by atoms with van der Waals surface area (Å²) in [5, 5.41) is 4.73. The second-order valence-electron chi connectivity index (χ2n) is 7.25. The van der Waals surface area contributed by atoms with Crippen LogP contribution in [0.5, 0.6) is 0 Å². The maximum atomic E-state index is 14.3. The minimum absolute atomic E-state index is 0.0792. The van der Waals surface area contributed by atoms with E-state index in [1.807, 2.05) is 0 Å². The van der Waals surface area contributed by atoms with Crippen molar-refractivity contribution in [2.75, 3.05) is 13.1 Å². The fraction of sp³-hybridized carbons (Fsp3) is 0.688. The van der Waals surface area contributed by atoms with Crippen molar-refractivity contribution in [3.63, 3.8) is 0 Å². The molecule has 1 aromatic rings. The van der Waals surface area contributed by atoms with Gasteiger partial charge in [-0.25, -0.2) is 9.37 Å². The molecule has 1 spiro atoms. The lowest BCUT2D eigenvalue weighted by molar-refractivity contribution is -0.149. The first-order valence-electron chi connectivity index (χ1n) is 8.17. The number of amides is 2. The van der Waals surface area contributed by atoms with Crippen molar-refractivity contribution in [1.82, 2.24) is 15.2 Å². The van der Waals surface area contributed by atoms with Gasteiger partial charge in [-0.05, 0) is 43.9 Å². The van der Waals surface area contributed by atoms with Gasteiger partial charge in [0.2, 0.25) is 0 Å². The number of alkyl halides is 1. The van der Waals surface area contributed by atoms with Crippen LogP contribution in [0, 0.1) is 5.41 Å². The number of likely N-dealkylation sites (tertiary alicyclic amines) is 1. The van der Waals surface area contributed by atoms with Crippen molar-refractivity contribution in [3.8, 4) is 0 Å². The van der Waals surface area contributed by atoms with Crippen LogP contribution >= 0.6 is 11.3 Å². The Hall–Kier alpha value is -1.50. The van der Waals surface area contributed by atoms with Gasteiger partial charge in [-0.3, -0.25) is 9.59 Å². The largest absolute Gasteiger partial charge is 0.348 e. The standard InChI is InChI=1S/C16H20FN3O2S/c17-16(2-1-3-16)14(22)20-5-4-15(9-20)6-11(7-15)19-13(21)12-8-23-10-18-12/h8,10-11H,1-7,9H2,(H,19,21). The quantitative estimate of drug-likeness (QED) is 0.919. The lowest BCUT2D eigenvalue weighted by atomic mass is 9.65. The van der Waals surface area contributed by atoms with Gasteiger partial charge in [-0.2, -0.15) is 0 Å². The van der Waals surface area contributed by atoms with E-state index in [9.17, 15) is 14.0 Å². The average Bonchev–Trinajstić information content (AvgIpc) is 3.12. The van der Waals surface area contributed by atoms with Crippen molar-refractivity contribution in [2.45, 2.75) is 50.2 Å². The fourth-order valence-corrected chi connectivity index (χ4v) is 4.63. The first-order valence-corrected chi connectivity index (χ1v) is 9.11. The van der Waals surface area contributed by atoms with Crippen molar-refractivity contribution in [1.29, 1.82) is 0 Å². The monoisotopic (exact) mass is 337 g/mol. The molecule has 0 unspecified atom stereocenters. The van der Waals surface area contributed by atoms with Crippen LogP contribution in [0.1, 0.15) is 49.0 Å². The zero-order valence-electron chi connectivity index (χ0n) is 12.9. The van der Waals surface area contributed by atoms with E-state index in [4.69, 9.17) is 0 Å².